The van der Waals surface area contributed by atoms with Gasteiger partial charge in [0.15, 0.2) is 0 Å². The zero-order valence-corrected chi connectivity index (χ0v) is 42.0. The minimum atomic E-state index is -0.798. The van der Waals surface area contributed by atoms with Gasteiger partial charge >= 0.3 is 12.2 Å². The fourth-order valence-electron chi connectivity index (χ4n) is 11.9. The Balaban J connectivity index is 0.987. The van der Waals surface area contributed by atoms with E-state index in [9.17, 15) is 24.0 Å². The number of ether oxygens (including phenoxy) is 2. The Kier molecular flexibility index (Phi) is 13.2. The number of aromatic amines is 2. The van der Waals surface area contributed by atoms with Crippen molar-refractivity contribution in [2.75, 3.05) is 27.3 Å². The quantitative estimate of drug-likeness (QED) is 0.0999. The van der Waals surface area contributed by atoms with Crippen LogP contribution in [0.15, 0.2) is 65.6 Å². The molecule has 9 rings (SSSR count). The van der Waals surface area contributed by atoms with Crippen molar-refractivity contribution in [3.63, 3.8) is 0 Å². The summed E-state index contributed by atoms with van der Waals surface area (Å²) in [6, 6.07) is 16.8. The topological polar surface area (TPSA) is 192 Å². The SMILES string of the molecule is COC(=O)N[C@H](C(=O)N1C[C@@H](C)C[C@H]1c1ncc(-c2ccc(-c3ccc(-c4ccc5nc([C@H]6CC(C)(C)CN6C(=O)[C@H](NC(=O)OC)C(C)C)[nH]c(=O)c5c4)c4c3CC3(CCCC3)C4)cc2)[nH]1)C(C)C. The van der Waals surface area contributed by atoms with E-state index in [2.05, 4.69) is 83.8 Å². The lowest BCUT2D eigenvalue weighted by Crippen LogP contribution is -2.51. The normalized spacial score (nSPS) is 21.1. The summed E-state index contributed by atoms with van der Waals surface area (Å²) < 4.78 is 9.66. The predicted octanol–water partition coefficient (Wildman–Crippen LogP) is 9.28. The van der Waals surface area contributed by atoms with Crippen molar-refractivity contribution in [3.8, 4) is 33.5 Å². The molecule has 4 N–H and O–H groups in total. The number of nitrogens with one attached hydrogen (secondary N) is 4. The third-order valence-electron chi connectivity index (χ3n) is 15.5. The smallest absolute Gasteiger partial charge is 0.407 e. The van der Waals surface area contributed by atoms with E-state index in [4.69, 9.17) is 19.4 Å². The second-order valence-corrected chi connectivity index (χ2v) is 22.0. The summed E-state index contributed by atoms with van der Waals surface area (Å²) >= 11 is 0. The van der Waals surface area contributed by atoms with Gasteiger partial charge in [-0.15, -0.1) is 0 Å². The van der Waals surface area contributed by atoms with Gasteiger partial charge in [-0.25, -0.2) is 19.6 Å². The summed E-state index contributed by atoms with van der Waals surface area (Å²) in [6.07, 6.45) is 8.76. The molecule has 1 saturated carbocycles. The highest BCUT2D eigenvalue weighted by atomic mass is 16.5. The highest BCUT2D eigenvalue weighted by Gasteiger charge is 2.46. The molecule has 5 aromatic rings. The van der Waals surface area contributed by atoms with Crippen molar-refractivity contribution >= 4 is 34.9 Å². The van der Waals surface area contributed by atoms with E-state index in [0.29, 0.717) is 36.2 Å². The lowest BCUT2D eigenvalue weighted by Gasteiger charge is -2.30. The van der Waals surface area contributed by atoms with E-state index in [1.807, 2.05) is 50.9 Å². The first kappa shape index (κ1) is 48.5. The van der Waals surface area contributed by atoms with Crippen LogP contribution in [0.1, 0.15) is 122 Å². The first-order chi connectivity index (χ1) is 33.4. The number of hydrogen-bond acceptors (Lipinski definition) is 9. The highest BCUT2D eigenvalue weighted by Crippen LogP contribution is 2.53. The van der Waals surface area contributed by atoms with Crippen molar-refractivity contribution in [1.82, 2.24) is 40.4 Å². The number of alkyl carbamates (subject to hydrolysis) is 2. The van der Waals surface area contributed by atoms with Gasteiger partial charge in [0.05, 0.1) is 49.1 Å². The van der Waals surface area contributed by atoms with Crippen LogP contribution in [-0.2, 0) is 31.9 Å². The molecule has 4 aliphatic rings. The molecule has 2 aliphatic heterocycles. The number of amides is 4. The average molecular weight is 953 g/mol. The summed E-state index contributed by atoms with van der Waals surface area (Å²) in [4.78, 5) is 86.5. The van der Waals surface area contributed by atoms with Crippen LogP contribution in [0.3, 0.4) is 0 Å². The van der Waals surface area contributed by atoms with Crippen molar-refractivity contribution < 1.29 is 28.7 Å². The molecule has 1 spiro atoms. The van der Waals surface area contributed by atoms with Crippen LogP contribution in [0.2, 0.25) is 0 Å². The zero-order valence-electron chi connectivity index (χ0n) is 42.0. The number of carbonyl (C=O) groups is 4. The summed E-state index contributed by atoms with van der Waals surface area (Å²) in [6.45, 7) is 14.9. The van der Waals surface area contributed by atoms with Gasteiger partial charge in [-0.3, -0.25) is 14.4 Å². The molecule has 0 unspecified atom stereocenters. The summed E-state index contributed by atoms with van der Waals surface area (Å²) in [5.41, 5.74) is 9.32. The van der Waals surface area contributed by atoms with Gasteiger partial charge < -0.3 is 39.9 Å². The predicted molar refractivity (Wildman–Crippen MR) is 269 cm³/mol. The van der Waals surface area contributed by atoms with Crippen LogP contribution in [0.4, 0.5) is 9.59 Å². The maximum absolute atomic E-state index is 14.1. The minimum Gasteiger partial charge on any atom is -0.453 e. The summed E-state index contributed by atoms with van der Waals surface area (Å²) in [5.74, 6) is 0.730. The van der Waals surface area contributed by atoms with E-state index >= 15 is 0 Å². The third-order valence-corrected chi connectivity index (χ3v) is 15.5. The monoisotopic (exact) mass is 953 g/mol. The van der Waals surface area contributed by atoms with E-state index in [0.717, 1.165) is 53.0 Å². The molecule has 15 heteroatoms. The Morgan fingerprint density at radius 1 is 0.743 bits per heavy atom. The maximum Gasteiger partial charge on any atom is 0.407 e. The zero-order chi connectivity index (χ0) is 49.8. The molecule has 3 aromatic carbocycles. The fourth-order valence-corrected chi connectivity index (χ4v) is 11.9. The molecule has 0 radical (unpaired) electrons. The number of fused-ring (bicyclic) bond motifs is 2. The minimum absolute atomic E-state index is 0.126. The molecule has 3 fully saturated rings. The van der Waals surface area contributed by atoms with Crippen molar-refractivity contribution in [1.29, 1.82) is 0 Å². The first-order valence-electron chi connectivity index (χ1n) is 25.0. The lowest BCUT2D eigenvalue weighted by atomic mass is 9.82. The van der Waals surface area contributed by atoms with E-state index in [-0.39, 0.29) is 52.0 Å². The molecule has 5 atom stereocenters. The number of imidazole rings is 1. The molecular weight excluding hydrogens is 885 g/mol. The van der Waals surface area contributed by atoms with Crippen LogP contribution in [0.5, 0.6) is 0 Å². The number of rotatable bonds is 11. The molecule has 2 aliphatic carbocycles. The number of hydrogen-bond donors (Lipinski definition) is 4. The second kappa shape index (κ2) is 19.0. The third kappa shape index (κ3) is 9.31. The molecular formula is C55H68N8O7. The van der Waals surface area contributed by atoms with Gasteiger partial charge in [0, 0.05) is 13.1 Å². The second-order valence-electron chi connectivity index (χ2n) is 22.0. The molecule has 4 heterocycles. The van der Waals surface area contributed by atoms with E-state index in [1.165, 1.54) is 56.6 Å². The van der Waals surface area contributed by atoms with Gasteiger partial charge in [0.25, 0.3) is 5.56 Å². The Hall–Kier alpha value is -6.51. The number of likely N-dealkylation sites (tertiary alicyclic amines) is 2. The first-order valence-corrected chi connectivity index (χ1v) is 25.0. The number of carbonyl (C=O) groups excluding carboxylic acids is 4. The van der Waals surface area contributed by atoms with Crippen molar-refractivity contribution in [2.45, 2.75) is 124 Å². The Morgan fingerprint density at radius 2 is 1.31 bits per heavy atom. The van der Waals surface area contributed by atoms with Gasteiger partial charge in [-0.2, -0.15) is 0 Å². The number of benzene rings is 3. The van der Waals surface area contributed by atoms with Gasteiger partial charge in [-0.05, 0) is 118 Å². The maximum atomic E-state index is 14.1. The highest BCUT2D eigenvalue weighted by molar-refractivity contribution is 5.89. The number of H-pyrrole nitrogens is 2. The fraction of sp³-hybridized carbons (Fsp3) is 0.509. The standard InChI is InChI=1S/C55H68N8O7/c1-30(2)45(59-52(67)69-8)50(65)62-28-32(5)22-43(62)47-56-27-42(58-47)34-14-12-33(13-15-34)36-17-18-37(40-25-55(24-39(36)40)20-10-11-21-55)35-16-19-41-38(23-35)49(64)61-48(57-41)44-26-54(6,7)29-63(44)51(66)46(31(3)4)60-53(68)70-9/h12-19,23,27,30-32,43-46H,10-11,20-22,24-26,28-29H2,1-9H3,(H,56,58)(H,59,67)(H,60,68)(H,57,61,64)/t32-,43-,44+,45-,46+/m0/s1. The van der Waals surface area contributed by atoms with Crippen molar-refractivity contribution in [3.05, 3.63) is 93.9 Å². The molecule has 2 aromatic heterocycles. The number of aromatic nitrogens is 4. The van der Waals surface area contributed by atoms with Crippen LogP contribution in [0, 0.1) is 28.6 Å². The molecule has 370 valence electrons. The largest absolute Gasteiger partial charge is 0.453 e. The average Bonchev–Trinajstić information content (AvgIpc) is 4.20. The summed E-state index contributed by atoms with van der Waals surface area (Å²) in [7, 11) is 2.57. The van der Waals surface area contributed by atoms with Crippen LogP contribution in [0.25, 0.3) is 44.4 Å². The van der Waals surface area contributed by atoms with Gasteiger partial charge in [0.2, 0.25) is 11.8 Å². The number of methoxy groups -OCH3 is 2. The lowest BCUT2D eigenvalue weighted by molar-refractivity contribution is -0.136. The van der Waals surface area contributed by atoms with E-state index < -0.39 is 30.3 Å². The van der Waals surface area contributed by atoms with Crippen molar-refractivity contribution in [2.24, 2.45) is 28.6 Å². The Morgan fingerprint density at radius 3 is 1.91 bits per heavy atom. The van der Waals surface area contributed by atoms with Gasteiger partial charge in [-0.1, -0.05) is 104 Å². The summed E-state index contributed by atoms with van der Waals surface area (Å²) in [5, 5.41) is 5.94. The molecule has 2 saturated heterocycles. The molecule has 15 nitrogen and oxygen atoms in total. The molecule has 0 bridgehead atoms. The van der Waals surface area contributed by atoms with Crippen LogP contribution >= 0.6 is 0 Å². The molecule has 70 heavy (non-hydrogen) atoms. The van der Waals surface area contributed by atoms with Gasteiger partial charge in [0.1, 0.15) is 23.7 Å². The van der Waals surface area contributed by atoms with Crippen LogP contribution < -0.4 is 16.2 Å². The number of nitrogens with zero attached hydrogens (tertiary/aromatic N) is 4. The van der Waals surface area contributed by atoms with Crippen LogP contribution in [-0.4, -0.2) is 93.1 Å². The molecule has 4 amide bonds. The van der Waals surface area contributed by atoms with E-state index in [1.54, 1.807) is 4.90 Å². The Labute approximate surface area is 409 Å². The Bertz CT molecular complexity index is 2880.